The Morgan fingerprint density at radius 3 is 1.62 bits per heavy atom. The molecule has 0 aliphatic carbocycles. The number of hydrogen-bond acceptors (Lipinski definition) is 0. The Kier molecular flexibility index (Phi) is 31.2. The van der Waals surface area contributed by atoms with E-state index >= 15 is 0 Å². The fourth-order valence-corrected chi connectivity index (χ4v) is 6.48. The summed E-state index contributed by atoms with van der Waals surface area (Å²) < 4.78 is 1.44. The first-order valence-electron chi connectivity index (χ1n) is 20.4. The van der Waals surface area contributed by atoms with Crippen LogP contribution in [0.2, 0.25) is 0 Å². The molecule has 0 unspecified atom stereocenters. The van der Waals surface area contributed by atoms with Crippen molar-refractivity contribution in [1.82, 2.24) is 0 Å². The van der Waals surface area contributed by atoms with Crippen LogP contribution in [-0.2, 0) is 29.3 Å². The molecule has 0 saturated carbocycles. The van der Waals surface area contributed by atoms with E-state index in [1.807, 2.05) is 0 Å². The van der Waals surface area contributed by atoms with Crippen LogP contribution in [0.25, 0.3) is 16.9 Å². The fourth-order valence-electron chi connectivity index (χ4n) is 6.48. The third kappa shape index (κ3) is 19.4. The molecule has 0 fully saturated rings. The number of unbranched alkanes of at least 4 members (excludes halogenated alkanes) is 17. The van der Waals surface area contributed by atoms with Gasteiger partial charge < -0.3 is 19.4 Å². The molecule has 2 nitrogen and oxygen atoms in total. The van der Waals surface area contributed by atoms with Gasteiger partial charge in [-0.25, -0.2) is 4.70 Å². The van der Waals surface area contributed by atoms with Crippen LogP contribution in [0.3, 0.4) is 0 Å². The zero-order valence-corrected chi connectivity index (χ0v) is 34.0. The Balaban J connectivity index is 0.00000463. The van der Waals surface area contributed by atoms with E-state index in [0.717, 1.165) is 47.4 Å². The predicted octanol–water partition coefficient (Wildman–Crippen LogP) is 15.7. The van der Waals surface area contributed by atoms with Gasteiger partial charge in [0.15, 0.2) is 0 Å². The molecular weight excluding hydrogens is 651 g/mol. The maximum atomic E-state index is 11.6. The quantitative estimate of drug-likeness (QED) is 0.0422. The summed E-state index contributed by atoms with van der Waals surface area (Å²) in [6.07, 6.45) is 35.4. The van der Waals surface area contributed by atoms with E-state index < -0.39 is 0 Å². The molecular formula is C47H74N2Ni. The van der Waals surface area contributed by atoms with Gasteiger partial charge in [-0.05, 0) is 73.9 Å². The minimum Gasteiger partial charge on any atom is -0.493 e. The van der Waals surface area contributed by atoms with Crippen molar-refractivity contribution in [3.8, 4) is 0 Å². The molecule has 1 aliphatic heterocycles. The molecule has 0 radical (unpaired) electrons. The summed E-state index contributed by atoms with van der Waals surface area (Å²) in [7, 11) is 0. The van der Waals surface area contributed by atoms with Gasteiger partial charge in [-0.15, -0.1) is 0 Å². The van der Waals surface area contributed by atoms with E-state index in [1.165, 1.54) is 138 Å². The SMILES string of the molecule is CCCCCCCCCCCCCC=CC1=C(c2cccc(CCCCCCCC)c2)[N+](=[N-])C(c2ccc(CCCC)cc2)=C1.[CH2-]C.[CH2-]C.[Ni+2]. The van der Waals surface area contributed by atoms with Gasteiger partial charge in [0.25, 0.3) is 0 Å². The summed E-state index contributed by atoms with van der Waals surface area (Å²) in [6.45, 7) is 16.8. The van der Waals surface area contributed by atoms with Crippen molar-refractivity contribution in [2.75, 3.05) is 0 Å². The molecule has 50 heavy (non-hydrogen) atoms. The molecule has 0 aromatic heterocycles. The van der Waals surface area contributed by atoms with E-state index in [-0.39, 0.29) is 16.5 Å². The Hall–Kier alpha value is -2.25. The van der Waals surface area contributed by atoms with Crippen molar-refractivity contribution in [1.29, 1.82) is 0 Å². The minimum absolute atomic E-state index is 0. The van der Waals surface area contributed by atoms with Crippen molar-refractivity contribution >= 4 is 11.4 Å². The summed E-state index contributed by atoms with van der Waals surface area (Å²) >= 11 is 0. The summed E-state index contributed by atoms with van der Waals surface area (Å²) in [5.41, 5.74) is 19.4. The van der Waals surface area contributed by atoms with Crippen molar-refractivity contribution in [3.63, 3.8) is 0 Å². The standard InChI is InChI=1S/C43H64N2.2C2H5.Ni/c1-4-7-10-12-14-15-16-17-18-19-20-22-24-29-41-36-42(39-33-31-37(32-34-39)26-9-6-3)45(44)43(41)40-30-25-28-38(35-40)27-23-21-13-11-8-5-2;2*1-2;/h24-25,28-36H,4-23,26-27H2,1-3H3;2*1H2,2H3;/q;2*-1;+2. The van der Waals surface area contributed by atoms with Crippen LogP contribution < -0.4 is 0 Å². The molecule has 0 amide bonds. The second-order valence-electron chi connectivity index (χ2n) is 13.4. The zero-order chi connectivity index (χ0) is 36.0. The number of nitrogens with zero attached hydrogens (tertiary/aromatic N) is 2. The molecule has 0 bridgehead atoms. The molecule has 282 valence electrons. The van der Waals surface area contributed by atoms with Gasteiger partial charge in [-0.2, -0.15) is 13.8 Å². The normalized spacial score (nSPS) is 12.3. The van der Waals surface area contributed by atoms with Gasteiger partial charge in [0, 0.05) is 17.2 Å². The van der Waals surface area contributed by atoms with Gasteiger partial charge in [0.05, 0.1) is 5.57 Å². The Labute approximate surface area is 321 Å². The smallest absolute Gasteiger partial charge is 0.493 e. The zero-order valence-electron chi connectivity index (χ0n) is 33.0. The van der Waals surface area contributed by atoms with Crippen molar-refractivity contribution < 1.29 is 21.2 Å². The number of hydrogen-bond donors (Lipinski definition) is 0. The van der Waals surface area contributed by atoms with Crippen molar-refractivity contribution in [2.24, 2.45) is 0 Å². The molecule has 2 aromatic carbocycles. The number of allylic oxidation sites excluding steroid dienone is 4. The monoisotopic (exact) mass is 725 g/mol. The molecule has 0 N–H and O–H groups in total. The molecule has 3 heteroatoms. The van der Waals surface area contributed by atoms with E-state index in [2.05, 4.69) is 101 Å². The molecule has 0 atom stereocenters. The molecule has 2 aromatic rings. The van der Waals surface area contributed by atoms with Crippen molar-refractivity contribution in [3.05, 3.63) is 114 Å². The van der Waals surface area contributed by atoms with Crippen LogP contribution in [0.4, 0.5) is 0 Å². The molecule has 3 rings (SSSR count). The summed E-state index contributed by atoms with van der Waals surface area (Å²) in [4.78, 5) is 0. The third-order valence-electron chi connectivity index (χ3n) is 9.37. The molecule has 1 heterocycles. The Bertz CT molecular complexity index is 1200. The first kappa shape index (κ1) is 47.8. The van der Waals surface area contributed by atoms with Crippen LogP contribution >= 0.6 is 0 Å². The van der Waals surface area contributed by atoms with E-state index in [4.69, 9.17) is 0 Å². The maximum absolute atomic E-state index is 11.6. The van der Waals surface area contributed by atoms with Crippen LogP contribution in [0.5, 0.6) is 0 Å². The van der Waals surface area contributed by atoms with Gasteiger partial charge in [-0.1, -0.05) is 160 Å². The van der Waals surface area contributed by atoms with Crippen LogP contribution in [-0.4, -0.2) is 4.70 Å². The first-order chi connectivity index (χ1) is 24.2. The second kappa shape index (κ2) is 32.6. The third-order valence-corrected chi connectivity index (χ3v) is 9.37. The molecule has 0 spiro atoms. The average molecular weight is 726 g/mol. The number of aryl methyl sites for hydroxylation is 2. The average Bonchev–Trinajstić information content (AvgIpc) is 3.48. The predicted molar refractivity (Wildman–Crippen MR) is 219 cm³/mol. The van der Waals surface area contributed by atoms with Crippen LogP contribution in [0.15, 0.2) is 72.3 Å². The van der Waals surface area contributed by atoms with Gasteiger partial charge >= 0.3 is 16.5 Å². The summed E-state index contributed by atoms with van der Waals surface area (Å²) in [6, 6.07) is 17.7. The minimum atomic E-state index is 0. The van der Waals surface area contributed by atoms with E-state index in [9.17, 15) is 5.53 Å². The number of rotatable bonds is 25. The summed E-state index contributed by atoms with van der Waals surface area (Å²) in [5, 5.41) is 0. The van der Waals surface area contributed by atoms with Crippen LogP contribution in [0.1, 0.15) is 185 Å². The second-order valence-corrected chi connectivity index (χ2v) is 13.4. The van der Waals surface area contributed by atoms with Gasteiger partial charge in [0.1, 0.15) is 0 Å². The van der Waals surface area contributed by atoms with Crippen LogP contribution in [0, 0.1) is 13.8 Å². The Morgan fingerprint density at radius 1 is 0.560 bits per heavy atom. The Morgan fingerprint density at radius 2 is 1.06 bits per heavy atom. The van der Waals surface area contributed by atoms with Gasteiger partial charge in [-0.3, -0.25) is 0 Å². The van der Waals surface area contributed by atoms with Gasteiger partial charge in [0.2, 0.25) is 11.4 Å². The maximum Gasteiger partial charge on any atom is 2.00 e. The first-order valence-corrected chi connectivity index (χ1v) is 20.4. The topological polar surface area (TPSA) is 25.3 Å². The molecule has 0 saturated heterocycles. The number of benzene rings is 2. The van der Waals surface area contributed by atoms with E-state index in [0.29, 0.717) is 0 Å². The van der Waals surface area contributed by atoms with E-state index in [1.54, 1.807) is 13.8 Å². The molecule has 1 aliphatic rings. The fraction of sp³-hybridized carbons (Fsp3) is 0.574. The summed E-state index contributed by atoms with van der Waals surface area (Å²) in [5.74, 6) is 0. The largest absolute Gasteiger partial charge is 2.00 e. The van der Waals surface area contributed by atoms with Crippen molar-refractivity contribution in [2.45, 2.75) is 176 Å².